The van der Waals surface area contributed by atoms with Crippen molar-refractivity contribution in [3.8, 4) is 0 Å². The van der Waals surface area contributed by atoms with Crippen LogP contribution in [-0.2, 0) is 14.3 Å². The molecule has 0 aromatic carbocycles. The Labute approximate surface area is 116 Å². The number of carboxylic acids is 1. The summed E-state index contributed by atoms with van der Waals surface area (Å²) in [5.74, 6) is -8.73. The van der Waals surface area contributed by atoms with Gasteiger partial charge >= 0.3 is 24.0 Å². The standard InChI is InChI=1S/C11H14F5NO4/c12-10(13,11(14,15)16)9(20)17-4-1-7(2-5-17)21-6-3-8(18)19/h7H,1-6H2,(H,18,19). The molecule has 5 nitrogen and oxygen atoms in total. The molecule has 0 aliphatic carbocycles. The summed E-state index contributed by atoms with van der Waals surface area (Å²) < 4.78 is 67.2. The number of aliphatic carboxylic acids is 1. The minimum atomic E-state index is -5.92. The number of ether oxygens (including phenoxy) is 1. The van der Waals surface area contributed by atoms with Gasteiger partial charge in [-0.2, -0.15) is 22.0 Å². The number of alkyl halides is 5. The van der Waals surface area contributed by atoms with Gasteiger partial charge in [0.1, 0.15) is 0 Å². The maximum absolute atomic E-state index is 12.9. The smallest absolute Gasteiger partial charge is 0.463 e. The van der Waals surface area contributed by atoms with Crippen LogP contribution in [0.15, 0.2) is 0 Å². The Balaban J connectivity index is 2.46. The van der Waals surface area contributed by atoms with Crippen molar-refractivity contribution in [3.05, 3.63) is 0 Å². The van der Waals surface area contributed by atoms with E-state index in [4.69, 9.17) is 9.84 Å². The number of carbonyl (C=O) groups is 2. The first-order chi connectivity index (χ1) is 9.55. The molecule has 10 heteroatoms. The Morgan fingerprint density at radius 2 is 1.67 bits per heavy atom. The van der Waals surface area contributed by atoms with Crippen LogP contribution in [0, 0.1) is 0 Å². The van der Waals surface area contributed by atoms with Crippen LogP contribution in [0.3, 0.4) is 0 Å². The van der Waals surface area contributed by atoms with E-state index in [1.54, 1.807) is 0 Å². The number of rotatable bonds is 5. The molecule has 122 valence electrons. The number of nitrogens with zero attached hydrogens (tertiary/aromatic N) is 1. The molecule has 1 heterocycles. The highest BCUT2D eigenvalue weighted by atomic mass is 19.4. The largest absolute Gasteiger partial charge is 0.481 e. The molecule has 1 fully saturated rings. The number of piperidine rings is 1. The van der Waals surface area contributed by atoms with E-state index < -0.39 is 30.1 Å². The van der Waals surface area contributed by atoms with Crippen molar-refractivity contribution in [1.29, 1.82) is 0 Å². The molecule has 1 amide bonds. The van der Waals surface area contributed by atoms with Gasteiger partial charge in [0.25, 0.3) is 0 Å². The zero-order chi connectivity index (χ0) is 16.3. The van der Waals surface area contributed by atoms with E-state index in [1.807, 2.05) is 0 Å². The topological polar surface area (TPSA) is 66.8 Å². The van der Waals surface area contributed by atoms with Gasteiger partial charge in [-0.3, -0.25) is 9.59 Å². The van der Waals surface area contributed by atoms with Crippen LogP contribution in [0.1, 0.15) is 19.3 Å². The lowest BCUT2D eigenvalue weighted by Gasteiger charge is -2.34. The van der Waals surface area contributed by atoms with Gasteiger partial charge in [0.2, 0.25) is 0 Å². The third-order valence-electron chi connectivity index (χ3n) is 3.02. The maximum atomic E-state index is 12.9. The second kappa shape index (κ2) is 6.54. The highest BCUT2D eigenvalue weighted by Gasteiger charge is 2.64. The maximum Gasteiger partial charge on any atom is 0.463 e. The normalized spacial score (nSPS) is 17.9. The van der Waals surface area contributed by atoms with Gasteiger partial charge in [0.05, 0.1) is 19.1 Å². The first kappa shape index (κ1) is 17.6. The van der Waals surface area contributed by atoms with Crippen molar-refractivity contribution in [1.82, 2.24) is 4.90 Å². The Morgan fingerprint density at radius 3 is 2.10 bits per heavy atom. The Hall–Kier alpha value is -1.45. The van der Waals surface area contributed by atoms with Crippen LogP contribution < -0.4 is 0 Å². The van der Waals surface area contributed by atoms with E-state index in [9.17, 15) is 31.5 Å². The molecular weight excluding hydrogens is 305 g/mol. The highest BCUT2D eigenvalue weighted by molar-refractivity contribution is 5.84. The number of halogens is 5. The molecule has 0 saturated carbocycles. The van der Waals surface area contributed by atoms with Crippen LogP contribution in [-0.4, -0.2) is 59.8 Å². The van der Waals surface area contributed by atoms with Crippen molar-refractivity contribution in [2.45, 2.75) is 37.5 Å². The number of carboxylic acid groups (broad SMARTS) is 1. The fourth-order valence-electron chi connectivity index (χ4n) is 1.86. The molecule has 1 rings (SSSR count). The summed E-state index contributed by atoms with van der Waals surface area (Å²) in [6, 6.07) is 0. The molecule has 0 unspecified atom stereocenters. The van der Waals surface area contributed by atoms with Gasteiger partial charge in [-0.05, 0) is 12.8 Å². The van der Waals surface area contributed by atoms with E-state index in [-0.39, 0.29) is 39.0 Å². The number of hydrogen-bond acceptors (Lipinski definition) is 3. The molecule has 21 heavy (non-hydrogen) atoms. The summed E-state index contributed by atoms with van der Waals surface area (Å²) >= 11 is 0. The second-order valence-electron chi connectivity index (χ2n) is 4.58. The third kappa shape index (κ3) is 4.51. The monoisotopic (exact) mass is 319 g/mol. The SMILES string of the molecule is O=C(O)CCOC1CCN(C(=O)C(F)(F)C(F)(F)F)CC1. The van der Waals surface area contributed by atoms with E-state index in [1.165, 1.54) is 0 Å². The number of amides is 1. The summed E-state index contributed by atoms with van der Waals surface area (Å²) in [4.78, 5) is 21.9. The molecule has 1 N–H and O–H groups in total. The average Bonchev–Trinajstić information content (AvgIpc) is 2.37. The molecule has 0 bridgehead atoms. The van der Waals surface area contributed by atoms with Crippen LogP contribution >= 0.6 is 0 Å². The van der Waals surface area contributed by atoms with E-state index in [0.717, 1.165) is 0 Å². The van der Waals surface area contributed by atoms with Crippen molar-refractivity contribution < 1.29 is 41.4 Å². The van der Waals surface area contributed by atoms with E-state index >= 15 is 0 Å². The zero-order valence-corrected chi connectivity index (χ0v) is 10.8. The van der Waals surface area contributed by atoms with E-state index in [2.05, 4.69) is 0 Å². The minimum absolute atomic E-state index is 0.0767. The van der Waals surface area contributed by atoms with Gasteiger partial charge in [0.15, 0.2) is 0 Å². The minimum Gasteiger partial charge on any atom is -0.481 e. The Bertz CT molecular complexity index is 391. The lowest BCUT2D eigenvalue weighted by Crippen LogP contribution is -2.54. The van der Waals surface area contributed by atoms with Gasteiger partial charge in [-0.1, -0.05) is 0 Å². The quantitative estimate of drug-likeness (QED) is 0.783. The molecule has 0 spiro atoms. The Kier molecular flexibility index (Phi) is 5.48. The summed E-state index contributed by atoms with van der Waals surface area (Å²) in [6.07, 6.45) is -6.43. The molecule has 0 atom stereocenters. The molecule has 0 aromatic heterocycles. The molecular formula is C11H14F5NO4. The lowest BCUT2D eigenvalue weighted by atomic mass is 10.1. The fraction of sp³-hybridized carbons (Fsp3) is 0.818. The lowest BCUT2D eigenvalue weighted by molar-refractivity contribution is -0.275. The van der Waals surface area contributed by atoms with Crippen LogP contribution in [0.4, 0.5) is 22.0 Å². The first-order valence-corrected chi connectivity index (χ1v) is 6.13. The summed E-state index contributed by atoms with van der Waals surface area (Å²) in [5.41, 5.74) is 0. The molecule has 1 aliphatic rings. The molecule has 1 aliphatic heterocycles. The van der Waals surface area contributed by atoms with E-state index in [0.29, 0.717) is 4.90 Å². The summed E-state index contributed by atoms with van der Waals surface area (Å²) in [7, 11) is 0. The number of likely N-dealkylation sites (tertiary alicyclic amines) is 1. The first-order valence-electron chi connectivity index (χ1n) is 6.13. The molecule has 0 radical (unpaired) electrons. The van der Waals surface area contributed by atoms with Crippen LogP contribution in [0.2, 0.25) is 0 Å². The summed E-state index contributed by atoms with van der Waals surface area (Å²) in [5, 5.41) is 8.40. The highest BCUT2D eigenvalue weighted by Crippen LogP contribution is 2.37. The second-order valence-corrected chi connectivity index (χ2v) is 4.58. The van der Waals surface area contributed by atoms with Crippen molar-refractivity contribution in [3.63, 3.8) is 0 Å². The van der Waals surface area contributed by atoms with Gasteiger partial charge in [-0.25, -0.2) is 0 Å². The van der Waals surface area contributed by atoms with Gasteiger partial charge in [-0.15, -0.1) is 0 Å². The van der Waals surface area contributed by atoms with Crippen molar-refractivity contribution in [2.75, 3.05) is 19.7 Å². The van der Waals surface area contributed by atoms with Crippen LogP contribution in [0.5, 0.6) is 0 Å². The molecule has 1 saturated heterocycles. The van der Waals surface area contributed by atoms with Crippen LogP contribution in [0.25, 0.3) is 0 Å². The zero-order valence-electron chi connectivity index (χ0n) is 10.8. The molecule has 0 aromatic rings. The fourth-order valence-corrected chi connectivity index (χ4v) is 1.86. The van der Waals surface area contributed by atoms with Crippen molar-refractivity contribution in [2.24, 2.45) is 0 Å². The van der Waals surface area contributed by atoms with Gasteiger partial charge < -0.3 is 14.7 Å². The predicted octanol–water partition coefficient (Wildman–Crippen LogP) is 1.67. The third-order valence-corrected chi connectivity index (χ3v) is 3.02. The number of carbonyl (C=O) groups excluding carboxylic acids is 1. The van der Waals surface area contributed by atoms with Crippen molar-refractivity contribution >= 4 is 11.9 Å². The van der Waals surface area contributed by atoms with Gasteiger partial charge in [0, 0.05) is 13.1 Å². The summed E-state index contributed by atoms with van der Waals surface area (Å²) in [6.45, 7) is -0.656. The average molecular weight is 319 g/mol. The predicted molar refractivity (Wildman–Crippen MR) is 58.8 cm³/mol. The number of hydrogen-bond donors (Lipinski definition) is 1. The Morgan fingerprint density at radius 1 is 1.14 bits per heavy atom.